The zero-order chi connectivity index (χ0) is 19.6. The summed E-state index contributed by atoms with van der Waals surface area (Å²) in [5.74, 6) is 0.526. The van der Waals surface area contributed by atoms with E-state index in [1.165, 1.54) is 11.9 Å². The van der Waals surface area contributed by atoms with E-state index in [4.69, 9.17) is 4.74 Å². The number of benzene rings is 2. The fraction of sp³-hybridized carbons (Fsp3) is 0.263. The highest BCUT2D eigenvalue weighted by Gasteiger charge is 2.33. The second kappa shape index (κ2) is 7.40. The van der Waals surface area contributed by atoms with Crippen molar-refractivity contribution in [2.45, 2.75) is 19.4 Å². The molecule has 0 saturated carbocycles. The molecule has 7 nitrogen and oxygen atoms in total. The van der Waals surface area contributed by atoms with Crippen LogP contribution < -0.4 is 9.46 Å². The van der Waals surface area contributed by atoms with Crippen LogP contribution in [-0.4, -0.2) is 38.4 Å². The van der Waals surface area contributed by atoms with Gasteiger partial charge in [-0.05, 0) is 35.9 Å². The second-order valence-electron chi connectivity index (χ2n) is 6.32. The third-order valence-corrected chi connectivity index (χ3v) is 4.86. The number of hydrogen-bond acceptors (Lipinski definition) is 5. The molecule has 0 saturated heterocycles. The van der Waals surface area contributed by atoms with Gasteiger partial charge < -0.3 is 4.74 Å². The Hall–Kier alpha value is -2.87. The van der Waals surface area contributed by atoms with E-state index in [0.717, 1.165) is 23.3 Å². The number of carbonyl (C=O) groups excluding carboxylic acids is 1. The van der Waals surface area contributed by atoms with Gasteiger partial charge in [0.1, 0.15) is 5.75 Å². The molecule has 3 rings (SSSR count). The van der Waals surface area contributed by atoms with Gasteiger partial charge in [0, 0.05) is 18.9 Å². The Morgan fingerprint density at radius 3 is 2.44 bits per heavy atom. The minimum Gasteiger partial charge on any atom is -0.497 e. The van der Waals surface area contributed by atoms with Gasteiger partial charge in [0.15, 0.2) is 0 Å². The summed E-state index contributed by atoms with van der Waals surface area (Å²) in [6.07, 6.45) is 1.58. The first kappa shape index (κ1) is 18.9. The van der Waals surface area contributed by atoms with Crippen molar-refractivity contribution in [1.82, 2.24) is 5.01 Å². The minimum absolute atomic E-state index is 0.210. The van der Waals surface area contributed by atoms with Gasteiger partial charge in [-0.1, -0.05) is 18.2 Å². The number of amides is 1. The third kappa shape index (κ3) is 4.28. The molecule has 1 unspecified atom stereocenters. The first-order valence-corrected chi connectivity index (χ1v) is 10.3. The van der Waals surface area contributed by atoms with Gasteiger partial charge in [-0.3, -0.25) is 9.52 Å². The zero-order valence-electron chi connectivity index (χ0n) is 15.3. The lowest BCUT2D eigenvalue weighted by molar-refractivity contribution is -0.130. The van der Waals surface area contributed by atoms with Gasteiger partial charge in [0.25, 0.3) is 0 Å². The molecule has 1 atom stereocenters. The van der Waals surface area contributed by atoms with Crippen molar-refractivity contribution in [2.24, 2.45) is 5.10 Å². The van der Waals surface area contributed by atoms with Crippen LogP contribution in [0.25, 0.3) is 0 Å². The Balaban J connectivity index is 1.96. The van der Waals surface area contributed by atoms with Gasteiger partial charge in [-0.15, -0.1) is 0 Å². The molecule has 8 heteroatoms. The van der Waals surface area contributed by atoms with Crippen molar-refractivity contribution in [3.63, 3.8) is 0 Å². The van der Waals surface area contributed by atoms with Crippen LogP contribution in [0.5, 0.6) is 5.75 Å². The van der Waals surface area contributed by atoms with E-state index < -0.39 is 10.0 Å². The number of ether oxygens (including phenoxy) is 1. The van der Waals surface area contributed by atoms with Crippen LogP contribution >= 0.6 is 0 Å². The molecule has 1 aliphatic heterocycles. The topological polar surface area (TPSA) is 88.1 Å². The van der Waals surface area contributed by atoms with E-state index >= 15 is 0 Å². The third-order valence-electron chi connectivity index (χ3n) is 4.27. The standard InChI is InChI=1S/C19H21N3O4S/c1-13(23)22-19(16-6-4-5-7-17(16)21-27(3,24)25)12-18(20-22)14-8-10-15(26-2)11-9-14/h4-11,19,21H,12H2,1-3H3. The molecule has 2 aromatic rings. The molecule has 0 radical (unpaired) electrons. The number of carbonyl (C=O) groups is 1. The van der Waals surface area contributed by atoms with Gasteiger partial charge in [0.2, 0.25) is 15.9 Å². The monoisotopic (exact) mass is 387 g/mol. The fourth-order valence-corrected chi connectivity index (χ4v) is 3.67. The molecule has 1 amide bonds. The summed E-state index contributed by atoms with van der Waals surface area (Å²) in [4.78, 5) is 12.2. The SMILES string of the molecule is COc1ccc(C2=NN(C(C)=O)C(c3ccccc3NS(C)(=O)=O)C2)cc1. The lowest BCUT2D eigenvalue weighted by Gasteiger charge is -2.23. The first-order chi connectivity index (χ1) is 12.8. The van der Waals surface area contributed by atoms with Crippen LogP contribution in [0.3, 0.4) is 0 Å². The molecule has 1 heterocycles. The van der Waals surface area contributed by atoms with E-state index in [1.54, 1.807) is 25.3 Å². The van der Waals surface area contributed by atoms with E-state index in [2.05, 4.69) is 9.82 Å². The summed E-state index contributed by atoms with van der Waals surface area (Å²) in [5.41, 5.74) is 2.79. The summed E-state index contributed by atoms with van der Waals surface area (Å²) in [6, 6.07) is 14.1. The van der Waals surface area contributed by atoms with E-state index in [9.17, 15) is 13.2 Å². The molecule has 142 valence electrons. The lowest BCUT2D eigenvalue weighted by Crippen LogP contribution is -2.25. The molecular formula is C19H21N3O4S. The molecule has 0 aromatic heterocycles. The van der Waals surface area contributed by atoms with E-state index in [0.29, 0.717) is 17.7 Å². The van der Waals surface area contributed by atoms with Crippen molar-refractivity contribution in [2.75, 3.05) is 18.1 Å². The molecule has 2 aromatic carbocycles. The number of hydrogen-bond donors (Lipinski definition) is 1. The highest BCUT2D eigenvalue weighted by Crippen LogP contribution is 2.36. The lowest BCUT2D eigenvalue weighted by atomic mass is 9.97. The quantitative estimate of drug-likeness (QED) is 0.854. The number of nitrogens with one attached hydrogen (secondary N) is 1. The number of methoxy groups -OCH3 is 1. The van der Waals surface area contributed by atoms with Crippen LogP contribution in [0.4, 0.5) is 5.69 Å². The van der Waals surface area contributed by atoms with Gasteiger partial charge in [-0.25, -0.2) is 13.4 Å². The summed E-state index contributed by atoms with van der Waals surface area (Å²) in [5, 5.41) is 5.90. The van der Waals surface area contributed by atoms with Crippen LogP contribution in [0.15, 0.2) is 53.6 Å². The molecule has 27 heavy (non-hydrogen) atoms. The predicted molar refractivity (Wildman–Crippen MR) is 104 cm³/mol. The predicted octanol–water partition coefficient (Wildman–Crippen LogP) is 2.76. The number of anilines is 1. The van der Waals surface area contributed by atoms with Gasteiger partial charge >= 0.3 is 0 Å². The summed E-state index contributed by atoms with van der Waals surface area (Å²) >= 11 is 0. The molecule has 0 fully saturated rings. The number of nitrogens with zero attached hydrogens (tertiary/aromatic N) is 2. The average Bonchev–Trinajstić information content (AvgIpc) is 3.06. The Morgan fingerprint density at radius 1 is 1.19 bits per heavy atom. The van der Waals surface area contributed by atoms with Crippen molar-refractivity contribution in [3.8, 4) is 5.75 Å². The maximum Gasteiger partial charge on any atom is 0.240 e. The summed E-state index contributed by atoms with van der Waals surface area (Å²) < 4.78 is 31.1. The van der Waals surface area contributed by atoms with Crippen molar-refractivity contribution in [3.05, 3.63) is 59.7 Å². The Morgan fingerprint density at radius 2 is 1.85 bits per heavy atom. The normalized spacial score (nSPS) is 16.8. The van der Waals surface area contributed by atoms with Gasteiger partial charge in [-0.2, -0.15) is 5.10 Å². The van der Waals surface area contributed by atoms with E-state index in [-0.39, 0.29) is 11.9 Å². The maximum absolute atomic E-state index is 12.2. The van der Waals surface area contributed by atoms with Gasteiger partial charge in [0.05, 0.1) is 30.8 Å². The molecule has 1 N–H and O–H groups in total. The highest BCUT2D eigenvalue weighted by molar-refractivity contribution is 7.92. The molecule has 0 spiro atoms. The Bertz CT molecular complexity index is 984. The van der Waals surface area contributed by atoms with Crippen LogP contribution in [0.2, 0.25) is 0 Å². The summed E-state index contributed by atoms with van der Waals surface area (Å²) in [6.45, 7) is 1.44. The molecular weight excluding hydrogens is 366 g/mol. The average molecular weight is 387 g/mol. The smallest absolute Gasteiger partial charge is 0.240 e. The number of para-hydroxylation sites is 1. The Kier molecular flexibility index (Phi) is 5.18. The van der Waals surface area contributed by atoms with Crippen LogP contribution in [0, 0.1) is 0 Å². The fourth-order valence-electron chi connectivity index (χ4n) is 3.08. The minimum atomic E-state index is -3.45. The zero-order valence-corrected chi connectivity index (χ0v) is 16.2. The van der Waals surface area contributed by atoms with E-state index in [1.807, 2.05) is 30.3 Å². The number of rotatable bonds is 5. The summed E-state index contributed by atoms with van der Waals surface area (Å²) in [7, 11) is -1.85. The Labute approximate surface area is 158 Å². The van der Waals surface area contributed by atoms with Crippen molar-refractivity contribution < 1.29 is 17.9 Å². The second-order valence-corrected chi connectivity index (χ2v) is 8.07. The van der Waals surface area contributed by atoms with Crippen molar-refractivity contribution in [1.29, 1.82) is 0 Å². The number of sulfonamides is 1. The highest BCUT2D eigenvalue weighted by atomic mass is 32.2. The van der Waals surface area contributed by atoms with Crippen LogP contribution in [0.1, 0.15) is 30.5 Å². The molecule has 0 aliphatic carbocycles. The maximum atomic E-state index is 12.2. The molecule has 1 aliphatic rings. The number of hydrazone groups is 1. The molecule has 0 bridgehead atoms. The first-order valence-electron chi connectivity index (χ1n) is 8.37. The largest absolute Gasteiger partial charge is 0.497 e. The van der Waals surface area contributed by atoms with Crippen LogP contribution in [-0.2, 0) is 14.8 Å². The van der Waals surface area contributed by atoms with Crippen molar-refractivity contribution >= 4 is 27.3 Å².